The molecule has 0 atom stereocenters. The predicted octanol–water partition coefficient (Wildman–Crippen LogP) is 5.86. The Kier molecular flexibility index (Phi) is 10.6. The van der Waals surface area contributed by atoms with E-state index in [0.717, 1.165) is 90.6 Å². The number of morpholine rings is 1. The molecular weight excluding hydrogens is 434 g/mol. The van der Waals surface area contributed by atoms with Gasteiger partial charge in [0.2, 0.25) is 11.6 Å². The van der Waals surface area contributed by atoms with E-state index in [1.165, 1.54) is 44.9 Å². The van der Waals surface area contributed by atoms with Crippen LogP contribution in [0.4, 0.5) is 0 Å². The summed E-state index contributed by atoms with van der Waals surface area (Å²) in [6, 6.07) is 0. The summed E-state index contributed by atoms with van der Waals surface area (Å²) in [5.41, 5.74) is 0. The van der Waals surface area contributed by atoms with E-state index < -0.39 is 11.6 Å². The largest absolute Gasteiger partial charge is 0.379 e. The van der Waals surface area contributed by atoms with Crippen LogP contribution in [-0.2, 0) is 29.1 Å². The van der Waals surface area contributed by atoms with E-state index in [1.807, 2.05) is 0 Å². The topological polar surface area (TPSA) is 66.5 Å². The molecule has 2 saturated heterocycles. The smallest absolute Gasteiger partial charge is 0.234 e. The number of nitrogens with zero attached hydrogens (tertiary/aromatic N) is 1. The summed E-state index contributed by atoms with van der Waals surface area (Å²) in [5, 5.41) is 0. The van der Waals surface area contributed by atoms with Crippen molar-refractivity contribution in [3.8, 4) is 0 Å². The number of hydrogen-bond acceptors (Lipinski definition) is 7. The lowest BCUT2D eigenvalue weighted by Crippen LogP contribution is -2.52. The van der Waals surface area contributed by atoms with Gasteiger partial charge in [0.1, 0.15) is 5.78 Å². The first-order valence-corrected chi connectivity index (χ1v) is 14.2. The van der Waals surface area contributed by atoms with Gasteiger partial charge in [-0.1, -0.05) is 44.9 Å². The van der Waals surface area contributed by atoms with Crippen LogP contribution in [-0.4, -0.2) is 55.1 Å². The zero-order valence-corrected chi connectivity index (χ0v) is 21.2. The maximum absolute atomic E-state index is 12.5. The molecule has 0 unspecified atom stereocenters. The lowest BCUT2D eigenvalue weighted by Gasteiger charge is -2.45. The monoisotopic (exact) mass is 481 g/mol. The second-order valence-corrected chi connectivity index (χ2v) is 11.1. The Labute approximate surface area is 206 Å². The van der Waals surface area contributed by atoms with Crippen molar-refractivity contribution in [2.45, 2.75) is 127 Å². The minimum Gasteiger partial charge on any atom is -0.379 e. The number of ether oxygens (including phenoxy) is 1. The highest BCUT2D eigenvalue weighted by atomic mass is 17.4. The van der Waals surface area contributed by atoms with Gasteiger partial charge < -0.3 is 4.74 Å². The Balaban J connectivity index is 1.15. The summed E-state index contributed by atoms with van der Waals surface area (Å²) in [6.45, 7) is 4.61. The van der Waals surface area contributed by atoms with Crippen LogP contribution in [0, 0.1) is 5.92 Å². The average molecular weight is 482 g/mol. The molecule has 7 nitrogen and oxygen atoms in total. The number of Topliss-reactive ketones (excluding diaryl/α,β-unsaturated/α-hetero) is 1. The molecule has 2 saturated carbocycles. The van der Waals surface area contributed by atoms with E-state index in [2.05, 4.69) is 4.90 Å². The molecule has 0 bridgehead atoms. The van der Waals surface area contributed by atoms with Crippen LogP contribution in [0.5, 0.6) is 0 Å². The molecule has 2 heterocycles. The molecule has 2 aliphatic heterocycles. The van der Waals surface area contributed by atoms with E-state index in [0.29, 0.717) is 24.5 Å². The van der Waals surface area contributed by atoms with Gasteiger partial charge in [0, 0.05) is 51.6 Å². The predicted molar refractivity (Wildman–Crippen MR) is 129 cm³/mol. The standard InChI is InChI=1S/C27H47NO6/c29-25(11-10-18-28-19-21-30-22-20-28)23-24-12-16-27(17-13-24)33-31-26(32-34-27)14-8-6-4-2-1-3-5-7-9-15-26/h24H,1-23H2. The van der Waals surface area contributed by atoms with Gasteiger partial charge in [0.15, 0.2) is 0 Å². The molecule has 0 amide bonds. The van der Waals surface area contributed by atoms with Gasteiger partial charge >= 0.3 is 0 Å². The van der Waals surface area contributed by atoms with Crippen molar-refractivity contribution in [3.05, 3.63) is 0 Å². The zero-order chi connectivity index (χ0) is 23.5. The number of carbonyl (C=O) groups excluding carboxylic acids is 1. The molecule has 34 heavy (non-hydrogen) atoms. The van der Waals surface area contributed by atoms with Crippen molar-refractivity contribution < 1.29 is 29.1 Å². The summed E-state index contributed by atoms with van der Waals surface area (Å²) >= 11 is 0. The first kappa shape index (κ1) is 26.5. The molecule has 0 aromatic carbocycles. The Bertz CT molecular complexity index is 576. The Morgan fingerprint density at radius 2 is 1.21 bits per heavy atom. The molecule has 196 valence electrons. The van der Waals surface area contributed by atoms with Crippen molar-refractivity contribution in [2.75, 3.05) is 32.8 Å². The molecule has 2 spiro atoms. The highest BCUT2D eigenvalue weighted by molar-refractivity contribution is 5.78. The highest BCUT2D eigenvalue weighted by Gasteiger charge is 2.50. The fourth-order valence-electron chi connectivity index (χ4n) is 5.89. The lowest BCUT2D eigenvalue weighted by molar-refractivity contribution is -0.662. The van der Waals surface area contributed by atoms with E-state index >= 15 is 0 Å². The summed E-state index contributed by atoms with van der Waals surface area (Å²) in [4.78, 5) is 38.9. The first-order chi connectivity index (χ1) is 16.7. The van der Waals surface area contributed by atoms with Crippen LogP contribution in [0.2, 0.25) is 0 Å². The molecule has 0 N–H and O–H groups in total. The van der Waals surface area contributed by atoms with E-state index in [4.69, 9.17) is 24.3 Å². The van der Waals surface area contributed by atoms with Crippen molar-refractivity contribution in [3.63, 3.8) is 0 Å². The van der Waals surface area contributed by atoms with Gasteiger partial charge in [-0.15, -0.1) is 0 Å². The van der Waals surface area contributed by atoms with Crippen LogP contribution >= 0.6 is 0 Å². The highest BCUT2D eigenvalue weighted by Crippen LogP contribution is 2.44. The van der Waals surface area contributed by atoms with Crippen molar-refractivity contribution in [1.82, 2.24) is 4.90 Å². The normalized spacial score (nSPS) is 27.8. The molecule has 7 heteroatoms. The van der Waals surface area contributed by atoms with Crippen LogP contribution in [0.25, 0.3) is 0 Å². The van der Waals surface area contributed by atoms with E-state index in [9.17, 15) is 4.79 Å². The third-order valence-corrected chi connectivity index (χ3v) is 8.22. The number of carbonyl (C=O) groups is 1. The fraction of sp³-hybridized carbons (Fsp3) is 0.963. The van der Waals surface area contributed by atoms with Gasteiger partial charge in [-0.3, -0.25) is 9.69 Å². The van der Waals surface area contributed by atoms with Crippen molar-refractivity contribution >= 4 is 5.78 Å². The van der Waals surface area contributed by atoms with E-state index in [1.54, 1.807) is 0 Å². The molecular formula is C27H47NO6. The second kappa shape index (κ2) is 13.7. The van der Waals surface area contributed by atoms with Crippen LogP contribution < -0.4 is 0 Å². The van der Waals surface area contributed by atoms with Gasteiger partial charge in [0.25, 0.3) is 0 Å². The molecule has 4 fully saturated rings. The lowest BCUT2D eigenvalue weighted by atomic mass is 9.82. The van der Waals surface area contributed by atoms with Gasteiger partial charge in [-0.05, 0) is 44.6 Å². The maximum Gasteiger partial charge on any atom is 0.234 e. The fourth-order valence-corrected chi connectivity index (χ4v) is 5.89. The van der Waals surface area contributed by atoms with Crippen molar-refractivity contribution in [2.24, 2.45) is 5.92 Å². The van der Waals surface area contributed by atoms with Gasteiger partial charge in [-0.2, -0.15) is 19.6 Å². The number of rotatable bonds is 6. The first-order valence-electron chi connectivity index (χ1n) is 14.2. The number of ketones is 1. The summed E-state index contributed by atoms with van der Waals surface area (Å²) < 4.78 is 5.39. The molecule has 4 aliphatic rings. The molecule has 0 radical (unpaired) electrons. The second-order valence-electron chi connectivity index (χ2n) is 11.1. The average Bonchev–Trinajstić information content (AvgIpc) is 2.85. The Morgan fingerprint density at radius 3 is 1.76 bits per heavy atom. The van der Waals surface area contributed by atoms with Gasteiger partial charge in [-0.25, -0.2) is 0 Å². The van der Waals surface area contributed by atoms with Gasteiger partial charge in [0.05, 0.1) is 13.2 Å². The molecule has 0 aromatic rings. The third kappa shape index (κ3) is 8.24. The SMILES string of the molecule is O=C(CCCN1CCOCC1)CC1CCC2(CC1)OOC1(CCCCCCCCCCC1)OO2. The maximum atomic E-state index is 12.5. The molecule has 0 aromatic heterocycles. The van der Waals surface area contributed by atoms with Crippen LogP contribution in [0.1, 0.15) is 116 Å². The molecule has 4 rings (SSSR count). The number of hydrogen-bond donors (Lipinski definition) is 0. The third-order valence-electron chi connectivity index (χ3n) is 8.22. The quantitative estimate of drug-likeness (QED) is 0.441. The summed E-state index contributed by atoms with van der Waals surface area (Å²) in [6.07, 6.45) is 18.4. The Morgan fingerprint density at radius 1 is 0.706 bits per heavy atom. The van der Waals surface area contributed by atoms with Crippen LogP contribution in [0.15, 0.2) is 0 Å². The molecule has 2 aliphatic carbocycles. The van der Waals surface area contributed by atoms with E-state index in [-0.39, 0.29) is 0 Å². The van der Waals surface area contributed by atoms with Crippen molar-refractivity contribution in [1.29, 1.82) is 0 Å². The minimum atomic E-state index is -0.801. The zero-order valence-electron chi connectivity index (χ0n) is 21.2. The summed E-state index contributed by atoms with van der Waals surface area (Å²) in [5.74, 6) is -0.756. The minimum absolute atomic E-state index is 0.388. The summed E-state index contributed by atoms with van der Waals surface area (Å²) in [7, 11) is 0. The van der Waals surface area contributed by atoms with Crippen LogP contribution in [0.3, 0.4) is 0 Å². The Hall–Kier alpha value is -0.570.